The van der Waals surface area contributed by atoms with Crippen LogP contribution in [-0.4, -0.2) is 39.3 Å². The summed E-state index contributed by atoms with van der Waals surface area (Å²) in [6.45, 7) is 5.20. The maximum atomic E-state index is 12.7. The Labute approximate surface area is 148 Å². The maximum Gasteiger partial charge on any atom is 0.475 e. The highest BCUT2D eigenvalue weighted by Crippen LogP contribution is 2.60. The fourth-order valence-electron chi connectivity index (χ4n) is 2.81. The number of aromatic nitrogens is 2. The number of nitrogens with one attached hydrogen (secondary N) is 1. The van der Waals surface area contributed by atoms with Gasteiger partial charge in [-0.15, -0.1) is 11.6 Å². The summed E-state index contributed by atoms with van der Waals surface area (Å²) in [5.74, 6) is 0. The quantitative estimate of drug-likeness (QED) is 0.612. The molecule has 2 aliphatic rings. The van der Waals surface area contributed by atoms with Crippen LogP contribution in [-0.2, 0) is 22.9 Å². The van der Waals surface area contributed by atoms with E-state index in [0.717, 1.165) is 4.57 Å². The van der Waals surface area contributed by atoms with E-state index in [4.69, 9.17) is 29.9 Å². The predicted molar refractivity (Wildman–Crippen MR) is 88.8 cm³/mol. The van der Waals surface area contributed by atoms with Crippen LogP contribution in [0.2, 0.25) is 0 Å². The Morgan fingerprint density at radius 3 is 2.92 bits per heavy atom. The summed E-state index contributed by atoms with van der Waals surface area (Å²) in [5, 5.41) is 0. The number of ether oxygens (including phenoxy) is 1. The van der Waals surface area contributed by atoms with E-state index in [0.29, 0.717) is 6.42 Å². The molecule has 0 aromatic carbocycles. The average molecular weight is 395 g/mol. The van der Waals surface area contributed by atoms with Gasteiger partial charge in [-0.05, 0) is 20.3 Å². The summed E-state index contributed by atoms with van der Waals surface area (Å²) in [7, 11) is -3.78. The number of phosphoric ester groups is 1. The van der Waals surface area contributed by atoms with Crippen molar-refractivity contribution < 1.29 is 22.9 Å². The van der Waals surface area contributed by atoms with Crippen molar-refractivity contribution in [1.82, 2.24) is 9.55 Å². The van der Waals surface area contributed by atoms with Gasteiger partial charge in [0.05, 0.1) is 12.7 Å². The van der Waals surface area contributed by atoms with Gasteiger partial charge in [0, 0.05) is 12.3 Å². The van der Waals surface area contributed by atoms with Gasteiger partial charge in [-0.25, -0.2) is 9.36 Å². The highest BCUT2D eigenvalue weighted by atomic mass is 35.5. The normalized spacial score (nSPS) is 39.1. The lowest BCUT2D eigenvalue weighted by Gasteiger charge is -2.35. The summed E-state index contributed by atoms with van der Waals surface area (Å²) >= 11 is 6.62. The third kappa shape index (κ3) is 3.49. The minimum Gasteiger partial charge on any atom is -0.347 e. The Kier molecular flexibility index (Phi) is 5.00. The lowest BCUT2D eigenvalue weighted by atomic mass is 10.0. The van der Waals surface area contributed by atoms with Gasteiger partial charge in [-0.3, -0.25) is 27.9 Å². The predicted octanol–water partition coefficient (Wildman–Crippen LogP) is 1.77. The second kappa shape index (κ2) is 6.64. The highest BCUT2D eigenvalue weighted by Gasteiger charge is 2.60. The number of nitrogens with zero attached hydrogens (tertiary/aromatic N) is 1. The molecule has 140 valence electrons. The lowest BCUT2D eigenvalue weighted by Crippen LogP contribution is -2.45. The summed E-state index contributed by atoms with van der Waals surface area (Å²) in [4.78, 5) is 24.2. The molecule has 0 radical (unpaired) electrons. The van der Waals surface area contributed by atoms with Crippen molar-refractivity contribution >= 4 is 19.4 Å². The average Bonchev–Trinajstić information content (AvgIpc) is 2.78. The molecule has 0 aliphatic carbocycles. The largest absolute Gasteiger partial charge is 0.475 e. The molecule has 0 spiro atoms. The first-order valence-electron chi connectivity index (χ1n) is 7.93. The van der Waals surface area contributed by atoms with E-state index < -0.39 is 42.4 Å². The second-order valence-corrected chi connectivity index (χ2v) is 8.68. The van der Waals surface area contributed by atoms with Gasteiger partial charge in [0.1, 0.15) is 17.1 Å². The first-order valence-corrected chi connectivity index (χ1v) is 9.77. The molecule has 0 amide bonds. The van der Waals surface area contributed by atoms with Crippen molar-refractivity contribution in [3.8, 4) is 0 Å². The van der Waals surface area contributed by atoms with Crippen LogP contribution >= 0.6 is 19.4 Å². The van der Waals surface area contributed by atoms with Gasteiger partial charge in [-0.1, -0.05) is 6.92 Å². The standard InChI is InChI=1S/C14H20ClN2O7P/c1-4-8(2)23-25(20)21-7-9-11(24-25)14(3,15)12(22-9)17-6-5-10(18)16-13(17)19/h5-6,8-9,11-12H,4,7H2,1-3H3,(H,16,18,19)/t8-,9-,11-,12-,14-,25-/m1/s1. The van der Waals surface area contributed by atoms with Crippen molar-refractivity contribution in [1.29, 1.82) is 0 Å². The van der Waals surface area contributed by atoms with Crippen LogP contribution in [0.3, 0.4) is 0 Å². The van der Waals surface area contributed by atoms with Crippen molar-refractivity contribution in [3.05, 3.63) is 33.1 Å². The molecule has 0 unspecified atom stereocenters. The smallest absolute Gasteiger partial charge is 0.347 e. The molecule has 2 saturated heterocycles. The van der Waals surface area contributed by atoms with Gasteiger partial charge in [0.2, 0.25) is 0 Å². The number of rotatable bonds is 4. The van der Waals surface area contributed by atoms with Crippen molar-refractivity contribution in [2.75, 3.05) is 6.61 Å². The van der Waals surface area contributed by atoms with E-state index in [9.17, 15) is 14.2 Å². The number of aromatic amines is 1. The third-order valence-corrected chi connectivity index (χ3v) is 6.28. The van der Waals surface area contributed by atoms with Crippen LogP contribution in [0.5, 0.6) is 0 Å². The number of alkyl halides is 1. The molecule has 1 N–H and O–H groups in total. The van der Waals surface area contributed by atoms with E-state index >= 15 is 0 Å². The third-order valence-electron chi connectivity index (χ3n) is 4.31. The minimum atomic E-state index is -3.78. The number of phosphoric acid groups is 1. The molecule has 2 aliphatic heterocycles. The van der Waals surface area contributed by atoms with Gasteiger partial charge in [-0.2, -0.15) is 0 Å². The van der Waals surface area contributed by atoms with Gasteiger partial charge in [0.25, 0.3) is 5.56 Å². The minimum absolute atomic E-state index is 0.0463. The van der Waals surface area contributed by atoms with E-state index in [1.165, 1.54) is 12.3 Å². The van der Waals surface area contributed by atoms with E-state index in [-0.39, 0.29) is 12.7 Å². The molecule has 1 aromatic heterocycles. The van der Waals surface area contributed by atoms with Crippen LogP contribution in [0.1, 0.15) is 33.4 Å². The van der Waals surface area contributed by atoms with Gasteiger partial charge >= 0.3 is 13.5 Å². The van der Waals surface area contributed by atoms with Crippen LogP contribution in [0.15, 0.2) is 21.9 Å². The molecule has 2 fully saturated rings. The number of H-pyrrole nitrogens is 1. The first kappa shape index (κ1) is 18.8. The van der Waals surface area contributed by atoms with Crippen LogP contribution in [0.4, 0.5) is 0 Å². The second-order valence-electron chi connectivity index (χ2n) is 6.29. The maximum absolute atomic E-state index is 12.7. The molecule has 3 rings (SSSR count). The Hall–Kier alpha value is -0.960. The highest BCUT2D eigenvalue weighted by molar-refractivity contribution is 7.48. The van der Waals surface area contributed by atoms with Crippen molar-refractivity contribution in [2.24, 2.45) is 0 Å². The van der Waals surface area contributed by atoms with Gasteiger partial charge in [0.15, 0.2) is 6.23 Å². The van der Waals surface area contributed by atoms with Crippen LogP contribution < -0.4 is 11.2 Å². The first-order chi connectivity index (χ1) is 11.7. The van der Waals surface area contributed by atoms with Crippen molar-refractivity contribution in [2.45, 2.75) is 56.6 Å². The fraction of sp³-hybridized carbons (Fsp3) is 0.714. The van der Waals surface area contributed by atoms with Gasteiger partial charge < -0.3 is 4.74 Å². The lowest BCUT2D eigenvalue weighted by molar-refractivity contribution is -0.0756. The summed E-state index contributed by atoms with van der Waals surface area (Å²) in [6.07, 6.45) is -0.777. The van der Waals surface area contributed by atoms with E-state index in [2.05, 4.69) is 4.98 Å². The molecule has 11 heteroatoms. The number of hydrogen-bond acceptors (Lipinski definition) is 7. The zero-order chi connectivity index (χ0) is 18.4. The topological polar surface area (TPSA) is 109 Å². The summed E-state index contributed by atoms with van der Waals surface area (Å²) in [6, 6.07) is 1.19. The molecule has 25 heavy (non-hydrogen) atoms. The monoisotopic (exact) mass is 394 g/mol. The zero-order valence-corrected chi connectivity index (χ0v) is 15.7. The van der Waals surface area contributed by atoms with Crippen molar-refractivity contribution in [3.63, 3.8) is 0 Å². The molecular weight excluding hydrogens is 375 g/mol. The Morgan fingerprint density at radius 2 is 2.28 bits per heavy atom. The molecule has 9 nitrogen and oxygen atoms in total. The van der Waals surface area contributed by atoms with E-state index in [1.807, 2.05) is 6.92 Å². The van der Waals surface area contributed by atoms with Crippen LogP contribution in [0, 0.1) is 0 Å². The molecular formula is C14H20ClN2O7P. The van der Waals surface area contributed by atoms with Crippen LogP contribution in [0.25, 0.3) is 0 Å². The van der Waals surface area contributed by atoms with E-state index in [1.54, 1.807) is 13.8 Å². The Balaban J connectivity index is 1.88. The molecule has 3 heterocycles. The molecule has 0 saturated carbocycles. The molecule has 1 aromatic rings. The SMILES string of the molecule is CC[C@@H](C)O[P@@]1(=O)OC[C@H]2O[C@@H](n3ccc(=O)[nH]c3=O)[C@](C)(Cl)[C@@H]2O1. The summed E-state index contributed by atoms with van der Waals surface area (Å²) < 4.78 is 35.9. The summed E-state index contributed by atoms with van der Waals surface area (Å²) in [5.41, 5.74) is -1.19. The Bertz CT molecular complexity index is 807. The Morgan fingerprint density at radius 1 is 1.56 bits per heavy atom. The molecule has 6 atom stereocenters. The molecule has 0 bridgehead atoms. The fourth-order valence-corrected chi connectivity index (χ4v) is 4.93. The zero-order valence-electron chi connectivity index (χ0n) is 14.0. The number of fused-ring (bicyclic) bond motifs is 1. The number of halogens is 1. The number of hydrogen-bond donors (Lipinski definition) is 1.